The average molecular weight is 369 g/mol. The van der Waals surface area contributed by atoms with Crippen molar-refractivity contribution >= 4 is 11.8 Å². The predicted molar refractivity (Wildman–Crippen MR) is 98.1 cm³/mol. The summed E-state index contributed by atoms with van der Waals surface area (Å²) in [5.41, 5.74) is 0.600. The van der Waals surface area contributed by atoms with Crippen LogP contribution < -0.4 is 9.64 Å². The van der Waals surface area contributed by atoms with Gasteiger partial charge in [0.15, 0.2) is 0 Å². The molecule has 26 heavy (non-hydrogen) atoms. The van der Waals surface area contributed by atoms with Crippen molar-refractivity contribution in [3.05, 3.63) is 24.3 Å². The van der Waals surface area contributed by atoms with E-state index in [1.54, 1.807) is 19.2 Å². The zero-order valence-corrected chi connectivity index (χ0v) is 15.8. The van der Waals surface area contributed by atoms with E-state index in [9.17, 15) is 13.6 Å². The van der Waals surface area contributed by atoms with Gasteiger partial charge in [-0.2, -0.15) is 0 Å². The Labute approximate surface area is 154 Å². The molecule has 6 heteroatoms. The number of rotatable bonds is 7. The lowest BCUT2D eigenvalue weighted by Crippen LogP contribution is -2.41. The largest absolute Gasteiger partial charge is 0.492 e. The van der Waals surface area contributed by atoms with Crippen molar-refractivity contribution in [2.24, 2.45) is 5.92 Å². The second-order valence-electron chi connectivity index (χ2n) is 6.84. The molecule has 1 amide bonds. The third kappa shape index (κ3) is 5.08. The molecule has 2 rings (SSSR count). The molecule has 1 fully saturated rings. The van der Waals surface area contributed by atoms with Gasteiger partial charge >= 0.3 is 6.09 Å². The smallest absolute Gasteiger partial charge is 0.414 e. The minimum atomic E-state index is -2.66. The number of alkyl halides is 2. The number of nitrogens with zero attached hydrogens (tertiary/aromatic N) is 1. The maximum atomic E-state index is 14.1. The molecule has 0 spiro atoms. The van der Waals surface area contributed by atoms with E-state index in [0.29, 0.717) is 24.5 Å². The molecule has 1 saturated carbocycles. The van der Waals surface area contributed by atoms with Crippen molar-refractivity contribution < 1.29 is 23.0 Å². The Bertz CT molecular complexity index is 594. The number of amides is 1. The van der Waals surface area contributed by atoms with Gasteiger partial charge in [0.25, 0.3) is 5.92 Å². The lowest BCUT2D eigenvalue weighted by Gasteiger charge is -2.36. The molecule has 1 aromatic carbocycles. The van der Waals surface area contributed by atoms with Gasteiger partial charge in [0.1, 0.15) is 11.9 Å². The molecule has 0 radical (unpaired) electrons. The summed E-state index contributed by atoms with van der Waals surface area (Å²) in [5.74, 6) is -2.79. The van der Waals surface area contributed by atoms with Crippen molar-refractivity contribution in [3.8, 4) is 5.75 Å². The molecule has 0 unspecified atom stereocenters. The molecule has 146 valence electrons. The van der Waals surface area contributed by atoms with E-state index in [1.165, 1.54) is 4.90 Å². The Morgan fingerprint density at radius 3 is 2.73 bits per heavy atom. The first kappa shape index (κ1) is 20.5. The highest BCUT2D eigenvalue weighted by atomic mass is 19.3. The zero-order chi connectivity index (χ0) is 19.2. The van der Waals surface area contributed by atoms with Crippen LogP contribution in [0.25, 0.3) is 0 Å². The summed E-state index contributed by atoms with van der Waals surface area (Å²) in [6, 6.07) is 7.19. The van der Waals surface area contributed by atoms with Gasteiger partial charge in [-0.3, -0.25) is 4.90 Å². The van der Waals surface area contributed by atoms with E-state index in [4.69, 9.17) is 9.47 Å². The number of anilines is 1. The highest BCUT2D eigenvalue weighted by Crippen LogP contribution is 2.42. The Morgan fingerprint density at radius 2 is 2.04 bits per heavy atom. The number of carbonyl (C=O) groups excluding carboxylic acids is 1. The van der Waals surface area contributed by atoms with E-state index in [1.807, 2.05) is 26.0 Å². The van der Waals surface area contributed by atoms with E-state index in [2.05, 4.69) is 0 Å². The Morgan fingerprint density at radius 1 is 1.31 bits per heavy atom. The summed E-state index contributed by atoms with van der Waals surface area (Å²) >= 11 is 0. The van der Waals surface area contributed by atoms with E-state index >= 15 is 0 Å². The van der Waals surface area contributed by atoms with Crippen molar-refractivity contribution in [2.75, 3.05) is 18.6 Å². The van der Waals surface area contributed by atoms with E-state index < -0.39 is 24.0 Å². The molecule has 0 heterocycles. The summed E-state index contributed by atoms with van der Waals surface area (Å²) in [6.45, 7) is 4.34. The molecule has 2 atom stereocenters. The third-order valence-electron chi connectivity index (χ3n) is 4.92. The number of hydrogen-bond acceptors (Lipinski definition) is 3. The molecule has 0 saturated heterocycles. The first-order chi connectivity index (χ1) is 12.4. The highest BCUT2D eigenvalue weighted by molar-refractivity contribution is 5.89. The van der Waals surface area contributed by atoms with Crippen LogP contribution in [-0.4, -0.2) is 31.8 Å². The minimum Gasteiger partial charge on any atom is -0.492 e. The second-order valence-corrected chi connectivity index (χ2v) is 6.84. The molecule has 0 aromatic heterocycles. The number of halogens is 2. The van der Waals surface area contributed by atoms with Crippen LogP contribution in [-0.2, 0) is 4.74 Å². The number of hydrogen-bond donors (Lipinski definition) is 0. The van der Waals surface area contributed by atoms with Crippen LogP contribution in [0.1, 0.15) is 52.4 Å². The topological polar surface area (TPSA) is 38.8 Å². The van der Waals surface area contributed by atoms with Gasteiger partial charge in [0.2, 0.25) is 0 Å². The highest BCUT2D eigenvalue weighted by Gasteiger charge is 2.45. The Hall–Kier alpha value is -1.85. The lowest BCUT2D eigenvalue weighted by molar-refractivity contribution is -0.115. The molecule has 0 aliphatic heterocycles. The van der Waals surface area contributed by atoms with Gasteiger partial charge in [0, 0.05) is 19.4 Å². The molecule has 1 aliphatic rings. The van der Waals surface area contributed by atoms with Gasteiger partial charge in [0.05, 0.1) is 12.3 Å². The van der Waals surface area contributed by atoms with Gasteiger partial charge in [-0.15, -0.1) is 0 Å². The number of ether oxygens (including phenoxy) is 2. The summed E-state index contributed by atoms with van der Waals surface area (Å²) in [7, 11) is 1.60. The molecule has 1 aromatic rings. The quantitative estimate of drug-likeness (QED) is 0.623. The molecular weight excluding hydrogens is 340 g/mol. The molecule has 0 N–H and O–H groups in total. The number of benzene rings is 1. The van der Waals surface area contributed by atoms with Crippen LogP contribution in [0.4, 0.5) is 19.3 Å². The van der Waals surface area contributed by atoms with Crippen LogP contribution in [0.5, 0.6) is 5.75 Å². The van der Waals surface area contributed by atoms with Crippen LogP contribution in [0.3, 0.4) is 0 Å². The van der Waals surface area contributed by atoms with Crippen LogP contribution in [0.2, 0.25) is 0 Å². The molecule has 1 aliphatic carbocycles. The SMILES string of the molecule is CCCC[C@@H]1C[C@H](OC(=O)N(C)c2ccccc2OCC)CCC1(F)F. The standard InChI is InChI=1S/C20H29F2NO3/c1-4-6-9-15-14-16(12-13-20(15,21)22)26-19(24)23(3)17-10-7-8-11-18(17)25-5-2/h7-8,10-11,15-16H,4-6,9,12-14H2,1-3H3/t15-,16-/m1/s1. The summed E-state index contributed by atoms with van der Waals surface area (Å²) in [6.07, 6.45) is 1.31. The fourth-order valence-corrected chi connectivity index (χ4v) is 3.38. The first-order valence-electron chi connectivity index (χ1n) is 9.43. The number of para-hydroxylation sites is 2. The van der Waals surface area contributed by atoms with Crippen molar-refractivity contribution in [1.82, 2.24) is 0 Å². The fourth-order valence-electron chi connectivity index (χ4n) is 3.38. The van der Waals surface area contributed by atoms with Crippen LogP contribution in [0.15, 0.2) is 24.3 Å². The first-order valence-corrected chi connectivity index (χ1v) is 9.43. The van der Waals surface area contributed by atoms with Crippen LogP contribution in [0, 0.1) is 5.92 Å². The monoisotopic (exact) mass is 369 g/mol. The Kier molecular flexibility index (Phi) is 7.23. The molecular formula is C20H29F2NO3. The van der Waals surface area contributed by atoms with Crippen molar-refractivity contribution in [3.63, 3.8) is 0 Å². The second kappa shape index (κ2) is 9.19. The normalized spacial score (nSPS) is 21.9. The van der Waals surface area contributed by atoms with Gasteiger partial charge in [-0.1, -0.05) is 31.9 Å². The summed E-state index contributed by atoms with van der Waals surface area (Å²) in [5, 5.41) is 0. The van der Waals surface area contributed by atoms with Crippen molar-refractivity contribution in [1.29, 1.82) is 0 Å². The molecule has 0 bridgehead atoms. The van der Waals surface area contributed by atoms with Crippen LogP contribution >= 0.6 is 0 Å². The Balaban J connectivity index is 2.00. The fraction of sp³-hybridized carbons (Fsp3) is 0.650. The zero-order valence-electron chi connectivity index (χ0n) is 15.8. The predicted octanol–water partition coefficient (Wildman–Crippen LogP) is 5.65. The van der Waals surface area contributed by atoms with E-state index in [-0.39, 0.29) is 19.3 Å². The minimum absolute atomic E-state index is 0.197. The van der Waals surface area contributed by atoms with Crippen molar-refractivity contribution in [2.45, 2.75) is 64.4 Å². The number of carbonyl (C=O) groups is 1. The summed E-state index contributed by atoms with van der Waals surface area (Å²) in [4.78, 5) is 13.9. The maximum Gasteiger partial charge on any atom is 0.414 e. The maximum absolute atomic E-state index is 14.1. The summed E-state index contributed by atoms with van der Waals surface area (Å²) < 4.78 is 39.3. The van der Waals surface area contributed by atoms with E-state index in [0.717, 1.165) is 12.8 Å². The van der Waals surface area contributed by atoms with Gasteiger partial charge in [-0.25, -0.2) is 13.6 Å². The van der Waals surface area contributed by atoms with Gasteiger partial charge in [-0.05, 0) is 38.3 Å². The molecule has 4 nitrogen and oxygen atoms in total. The van der Waals surface area contributed by atoms with Gasteiger partial charge < -0.3 is 9.47 Å². The third-order valence-corrected chi connectivity index (χ3v) is 4.92. The number of unbranched alkanes of at least 4 members (excludes halogenated alkanes) is 1. The average Bonchev–Trinajstić information content (AvgIpc) is 2.62. The lowest BCUT2D eigenvalue weighted by atomic mass is 9.81.